The molecule has 4 rings (SSSR count). The Bertz CT molecular complexity index is 1350. The van der Waals surface area contributed by atoms with Crippen LogP contribution in [0.4, 0.5) is 32.0 Å². The smallest absolute Gasteiger partial charge is 0.488 e. The molecule has 0 saturated carbocycles. The molecule has 1 atom stereocenters. The van der Waals surface area contributed by atoms with E-state index in [1.54, 1.807) is 0 Å². The Morgan fingerprint density at radius 1 is 1.00 bits per heavy atom. The van der Waals surface area contributed by atoms with Gasteiger partial charge in [-0.1, -0.05) is 0 Å². The molecule has 1 aromatic heterocycles. The van der Waals surface area contributed by atoms with E-state index in [1.807, 2.05) is 11.9 Å². The maximum absolute atomic E-state index is 13.5. The summed E-state index contributed by atoms with van der Waals surface area (Å²) in [7, 11) is -2.37. The number of alkyl halides is 6. The normalized spacial score (nSPS) is 17.1. The third-order valence-electron chi connectivity index (χ3n) is 5.40. The zero-order valence-electron chi connectivity index (χ0n) is 19.1. The molecular weight excluding hydrogens is 546 g/mol. The largest absolute Gasteiger partial charge is 0.573 e. The molecule has 0 spiro atoms. The Kier molecular flexibility index (Phi) is 7.36. The Morgan fingerprint density at radius 2 is 1.70 bits per heavy atom. The number of benzene rings is 2. The van der Waals surface area contributed by atoms with Crippen molar-refractivity contribution in [2.45, 2.75) is 29.3 Å². The molecule has 1 N–H and O–H groups in total. The highest BCUT2D eigenvalue weighted by molar-refractivity contribution is 7.94. The van der Waals surface area contributed by atoms with Crippen LogP contribution < -0.4 is 14.2 Å². The molecule has 0 aliphatic carbocycles. The molecule has 0 bridgehead atoms. The van der Waals surface area contributed by atoms with Gasteiger partial charge in [0, 0.05) is 24.0 Å². The van der Waals surface area contributed by atoms with Crippen LogP contribution in [0.2, 0.25) is 0 Å². The van der Waals surface area contributed by atoms with Crippen LogP contribution in [0.15, 0.2) is 58.8 Å². The first kappa shape index (κ1) is 27.1. The number of halogens is 6. The van der Waals surface area contributed by atoms with Gasteiger partial charge in [-0.2, -0.15) is 13.2 Å². The lowest BCUT2D eigenvalue weighted by Gasteiger charge is -2.19. The van der Waals surface area contributed by atoms with Gasteiger partial charge in [-0.25, -0.2) is 8.42 Å². The van der Waals surface area contributed by atoms with Crippen molar-refractivity contribution in [1.82, 2.24) is 4.90 Å². The second-order valence-corrected chi connectivity index (χ2v) is 11.3. The summed E-state index contributed by atoms with van der Waals surface area (Å²) in [5.41, 5.74) is -0.674. The number of nitrogens with zero attached hydrogens (tertiary/aromatic N) is 1. The number of likely N-dealkylation sites (N-methyl/N-ethyl adjacent to an activating group) is 1. The van der Waals surface area contributed by atoms with Crippen molar-refractivity contribution in [3.63, 3.8) is 0 Å². The van der Waals surface area contributed by atoms with Crippen LogP contribution in [0.25, 0.3) is 10.4 Å². The van der Waals surface area contributed by atoms with Gasteiger partial charge in [0.1, 0.15) is 21.8 Å². The van der Waals surface area contributed by atoms with Gasteiger partial charge >= 0.3 is 12.5 Å². The van der Waals surface area contributed by atoms with Gasteiger partial charge in [-0.3, -0.25) is 4.72 Å². The van der Waals surface area contributed by atoms with Crippen LogP contribution in [0, 0.1) is 0 Å². The van der Waals surface area contributed by atoms with E-state index in [-0.39, 0.29) is 9.90 Å². The first-order valence-electron chi connectivity index (χ1n) is 10.7. The van der Waals surface area contributed by atoms with E-state index in [1.165, 1.54) is 24.3 Å². The van der Waals surface area contributed by atoms with Crippen LogP contribution in [-0.4, -0.2) is 45.9 Å². The van der Waals surface area contributed by atoms with Gasteiger partial charge < -0.3 is 14.4 Å². The highest BCUT2D eigenvalue weighted by atomic mass is 32.2. The van der Waals surface area contributed by atoms with E-state index in [0.29, 0.717) is 30.0 Å². The summed E-state index contributed by atoms with van der Waals surface area (Å²) in [6, 6.07) is 10.4. The monoisotopic (exact) mass is 566 g/mol. The average Bonchev–Trinajstić information content (AvgIpc) is 3.42. The minimum Gasteiger partial charge on any atom is -0.488 e. The molecule has 37 heavy (non-hydrogen) atoms. The summed E-state index contributed by atoms with van der Waals surface area (Å²) >= 11 is 0.839. The number of anilines is 1. The van der Waals surface area contributed by atoms with Crippen molar-refractivity contribution in [1.29, 1.82) is 0 Å². The van der Waals surface area contributed by atoms with E-state index in [0.717, 1.165) is 41.7 Å². The highest BCUT2D eigenvalue weighted by Crippen LogP contribution is 2.39. The quantitative estimate of drug-likeness (QED) is 0.344. The maximum Gasteiger partial charge on any atom is 0.573 e. The van der Waals surface area contributed by atoms with Crippen LogP contribution in [0.5, 0.6) is 11.5 Å². The zero-order chi connectivity index (χ0) is 27.0. The first-order valence-corrected chi connectivity index (χ1v) is 13.0. The molecule has 2 heterocycles. The van der Waals surface area contributed by atoms with Crippen LogP contribution in [0.1, 0.15) is 12.0 Å². The van der Waals surface area contributed by atoms with Gasteiger partial charge in [-0.05, 0) is 67.6 Å². The van der Waals surface area contributed by atoms with Gasteiger partial charge in [0.25, 0.3) is 10.0 Å². The third kappa shape index (κ3) is 6.87. The van der Waals surface area contributed by atoms with E-state index in [9.17, 15) is 34.8 Å². The van der Waals surface area contributed by atoms with Crippen LogP contribution in [0.3, 0.4) is 0 Å². The standard InChI is InChI=1S/C23H20F6N2O4S2/c1-31-11-10-17(13-31)34-19-12-15(4-7-18(19)22(24,25)26)30-37(32,33)21-9-8-20(36-21)14-2-5-16(6-3-14)35-23(27,28)29/h2-9,12,17,30H,10-11,13H2,1H3/t17-/m1/s1. The molecule has 2 aromatic carbocycles. The molecule has 3 aromatic rings. The van der Waals surface area contributed by atoms with Crippen molar-refractivity contribution in [3.8, 4) is 21.9 Å². The maximum atomic E-state index is 13.5. The Labute approximate surface area is 212 Å². The van der Waals surface area contributed by atoms with E-state index in [2.05, 4.69) is 9.46 Å². The third-order valence-corrected chi connectivity index (χ3v) is 8.41. The van der Waals surface area contributed by atoms with Crippen molar-refractivity contribution in [2.24, 2.45) is 0 Å². The lowest BCUT2D eigenvalue weighted by molar-refractivity contribution is -0.274. The molecule has 0 radical (unpaired) electrons. The molecule has 14 heteroatoms. The number of ether oxygens (including phenoxy) is 2. The number of sulfonamides is 1. The zero-order valence-corrected chi connectivity index (χ0v) is 20.7. The molecule has 1 aliphatic rings. The predicted octanol–water partition coefficient (Wildman–Crippen LogP) is 6.22. The highest BCUT2D eigenvalue weighted by Gasteiger charge is 2.36. The lowest BCUT2D eigenvalue weighted by Crippen LogP contribution is -2.23. The second kappa shape index (κ2) is 10.1. The molecular formula is C23H20F6N2O4S2. The van der Waals surface area contributed by atoms with E-state index in [4.69, 9.17) is 4.74 Å². The van der Waals surface area contributed by atoms with Gasteiger partial charge in [0.2, 0.25) is 0 Å². The topological polar surface area (TPSA) is 67.9 Å². The minimum absolute atomic E-state index is 0.113. The first-order chi connectivity index (χ1) is 17.2. The Hall–Kier alpha value is -2.97. The second-order valence-electron chi connectivity index (χ2n) is 8.30. The Morgan fingerprint density at radius 3 is 2.30 bits per heavy atom. The number of hydrogen-bond donors (Lipinski definition) is 1. The van der Waals surface area contributed by atoms with Gasteiger partial charge in [0.05, 0.1) is 11.3 Å². The van der Waals surface area contributed by atoms with E-state index < -0.39 is 45.7 Å². The minimum atomic E-state index is -4.84. The van der Waals surface area contributed by atoms with Crippen molar-refractivity contribution in [3.05, 3.63) is 60.2 Å². The number of thiophene rings is 1. The number of nitrogens with one attached hydrogen (secondary N) is 1. The van der Waals surface area contributed by atoms with Crippen LogP contribution >= 0.6 is 11.3 Å². The van der Waals surface area contributed by atoms with Crippen LogP contribution in [-0.2, 0) is 16.2 Å². The predicted molar refractivity (Wildman–Crippen MR) is 125 cm³/mol. The van der Waals surface area contributed by atoms with E-state index >= 15 is 0 Å². The van der Waals surface area contributed by atoms with Gasteiger partial charge in [-0.15, -0.1) is 24.5 Å². The number of rotatable bonds is 7. The fourth-order valence-electron chi connectivity index (χ4n) is 3.73. The molecule has 200 valence electrons. The lowest BCUT2D eigenvalue weighted by atomic mass is 10.1. The number of likely N-dealkylation sites (tertiary alicyclic amines) is 1. The summed E-state index contributed by atoms with van der Waals surface area (Å²) in [6.45, 7) is 1.10. The average molecular weight is 567 g/mol. The SMILES string of the molecule is CN1CC[C@@H](Oc2cc(NS(=O)(=O)c3ccc(-c4ccc(OC(F)(F)F)cc4)s3)ccc2C(F)(F)F)C1. The molecule has 0 amide bonds. The molecule has 1 fully saturated rings. The molecule has 1 aliphatic heterocycles. The fraction of sp³-hybridized carbons (Fsp3) is 0.304. The molecule has 0 unspecified atom stereocenters. The summed E-state index contributed by atoms with van der Waals surface area (Å²) in [4.78, 5) is 2.36. The van der Waals surface area contributed by atoms with Crippen molar-refractivity contribution >= 4 is 27.0 Å². The van der Waals surface area contributed by atoms with Crippen molar-refractivity contribution in [2.75, 3.05) is 24.9 Å². The molecule has 6 nitrogen and oxygen atoms in total. The van der Waals surface area contributed by atoms with Gasteiger partial charge in [0.15, 0.2) is 0 Å². The summed E-state index contributed by atoms with van der Waals surface area (Å²) in [6.07, 6.45) is -9.47. The number of hydrogen-bond acceptors (Lipinski definition) is 6. The molecule has 1 saturated heterocycles. The Balaban J connectivity index is 1.53. The fourth-order valence-corrected chi connectivity index (χ4v) is 6.09. The summed E-state index contributed by atoms with van der Waals surface area (Å²) in [5.74, 6) is -0.895. The summed E-state index contributed by atoms with van der Waals surface area (Å²) in [5, 5.41) is 0. The van der Waals surface area contributed by atoms with Crippen molar-refractivity contribution < 1.29 is 44.2 Å². The summed E-state index contributed by atoms with van der Waals surface area (Å²) < 4.78 is 115.